The SMILES string of the molecule is CCCNC(CO)c1cc(Br)ccc1Cl. The highest BCUT2D eigenvalue weighted by Crippen LogP contribution is 2.26. The molecule has 2 nitrogen and oxygen atoms in total. The van der Waals surface area contributed by atoms with Crippen LogP contribution in [0, 0.1) is 0 Å². The van der Waals surface area contributed by atoms with E-state index < -0.39 is 0 Å². The third kappa shape index (κ3) is 3.76. The first kappa shape index (κ1) is 13.0. The Labute approximate surface area is 104 Å². The van der Waals surface area contributed by atoms with E-state index in [1.54, 1.807) is 0 Å². The molecule has 0 aliphatic rings. The van der Waals surface area contributed by atoms with Crippen LogP contribution in [-0.4, -0.2) is 18.3 Å². The highest BCUT2D eigenvalue weighted by Gasteiger charge is 2.12. The lowest BCUT2D eigenvalue weighted by atomic mass is 10.1. The van der Waals surface area contributed by atoms with E-state index in [-0.39, 0.29) is 12.6 Å². The van der Waals surface area contributed by atoms with Crippen LogP contribution >= 0.6 is 27.5 Å². The lowest BCUT2D eigenvalue weighted by molar-refractivity contribution is 0.245. The molecule has 0 aliphatic carbocycles. The highest BCUT2D eigenvalue weighted by molar-refractivity contribution is 9.10. The second-order valence-corrected chi connectivity index (χ2v) is 4.68. The van der Waals surface area contributed by atoms with Crippen LogP contribution < -0.4 is 5.32 Å². The molecular weight excluding hydrogens is 277 g/mol. The Balaban J connectivity index is 2.85. The lowest BCUT2D eigenvalue weighted by Gasteiger charge is -2.17. The van der Waals surface area contributed by atoms with E-state index in [1.165, 1.54) is 0 Å². The van der Waals surface area contributed by atoms with Crippen LogP contribution in [0.3, 0.4) is 0 Å². The molecule has 0 amide bonds. The first-order valence-electron chi connectivity index (χ1n) is 4.98. The number of aliphatic hydroxyl groups is 1. The van der Waals surface area contributed by atoms with Gasteiger partial charge in [0.05, 0.1) is 12.6 Å². The van der Waals surface area contributed by atoms with Gasteiger partial charge in [-0.2, -0.15) is 0 Å². The first-order valence-corrected chi connectivity index (χ1v) is 6.15. The molecule has 2 N–H and O–H groups in total. The van der Waals surface area contributed by atoms with Crippen LogP contribution in [0.15, 0.2) is 22.7 Å². The van der Waals surface area contributed by atoms with Crippen molar-refractivity contribution in [1.29, 1.82) is 0 Å². The molecule has 0 saturated heterocycles. The Kier molecular flexibility index (Phi) is 5.61. The molecule has 1 unspecified atom stereocenters. The van der Waals surface area contributed by atoms with Crippen LogP contribution in [-0.2, 0) is 0 Å². The van der Waals surface area contributed by atoms with Crippen LogP contribution in [0.2, 0.25) is 5.02 Å². The summed E-state index contributed by atoms with van der Waals surface area (Å²) in [4.78, 5) is 0. The van der Waals surface area contributed by atoms with Gasteiger partial charge in [-0.25, -0.2) is 0 Å². The highest BCUT2D eigenvalue weighted by atomic mass is 79.9. The molecule has 0 heterocycles. The first-order chi connectivity index (χ1) is 7.19. The van der Waals surface area contributed by atoms with E-state index in [1.807, 2.05) is 18.2 Å². The minimum Gasteiger partial charge on any atom is -0.394 e. The fourth-order valence-corrected chi connectivity index (χ4v) is 2.00. The summed E-state index contributed by atoms with van der Waals surface area (Å²) >= 11 is 9.47. The summed E-state index contributed by atoms with van der Waals surface area (Å²) in [7, 11) is 0. The molecule has 84 valence electrons. The molecule has 0 fully saturated rings. The minimum atomic E-state index is -0.0880. The Morgan fingerprint density at radius 3 is 2.87 bits per heavy atom. The number of benzene rings is 1. The smallest absolute Gasteiger partial charge is 0.0627 e. The predicted octanol–water partition coefficient (Wildman–Crippen LogP) is 3.14. The summed E-state index contributed by atoms with van der Waals surface area (Å²) in [5.41, 5.74) is 0.932. The largest absolute Gasteiger partial charge is 0.394 e. The number of aliphatic hydroxyl groups excluding tert-OH is 1. The molecule has 0 radical (unpaired) electrons. The number of nitrogens with one attached hydrogen (secondary N) is 1. The molecule has 1 rings (SSSR count). The molecule has 15 heavy (non-hydrogen) atoms. The molecule has 1 aromatic carbocycles. The third-order valence-electron chi connectivity index (χ3n) is 2.16. The van der Waals surface area contributed by atoms with Crippen molar-refractivity contribution >= 4 is 27.5 Å². The second kappa shape index (κ2) is 6.48. The van der Waals surface area contributed by atoms with E-state index in [4.69, 9.17) is 11.6 Å². The number of hydrogen-bond acceptors (Lipinski definition) is 2. The molecular formula is C11H15BrClNO. The van der Waals surface area contributed by atoms with Gasteiger partial charge >= 0.3 is 0 Å². The maximum Gasteiger partial charge on any atom is 0.0627 e. The average Bonchev–Trinajstić information content (AvgIpc) is 2.24. The quantitative estimate of drug-likeness (QED) is 0.874. The van der Waals surface area contributed by atoms with Gasteiger partial charge in [-0.15, -0.1) is 0 Å². The van der Waals surface area contributed by atoms with Gasteiger partial charge in [0.2, 0.25) is 0 Å². The Morgan fingerprint density at radius 1 is 1.53 bits per heavy atom. The third-order valence-corrected chi connectivity index (χ3v) is 2.99. The van der Waals surface area contributed by atoms with Gasteiger partial charge in [0.15, 0.2) is 0 Å². The summed E-state index contributed by atoms with van der Waals surface area (Å²) in [6.45, 7) is 3.01. The number of halogens is 2. The summed E-state index contributed by atoms with van der Waals surface area (Å²) < 4.78 is 0.971. The van der Waals surface area contributed by atoms with Gasteiger partial charge in [-0.3, -0.25) is 0 Å². The molecule has 0 aromatic heterocycles. The predicted molar refractivity (Wildman–Crippen MR) is 67.3 cm³/mol. The number of hydrogen-bond donors (Lipinski definition) is 2. The average molecular weight is 293 g/mol. The van der Waals surface area contributed by atoms with Crippen molar-refractivity contribution < 1.29 is 5.11 Å². The van der Waals surface area contributed by atoms with Crippen molar-refractivity contribution in [1.82, 2.24) is 5.32 Å². The second-order valence-electron chi connectivity index (χ2n) is 3.36. The van der Waals surface area contributed by atoms with E-state index in [2.05, 4.69) is 28.2 Å². The monoisotopic (exact) mass is 291 g/mol. The van der Waals surface area contributed by atoms with Crippen LogP contribution in [0.1, 0.15) is 24.9 Å². The minimum absolute atomic E-state index is 0.0518. The standard InChI is InChI=1S/C11H15BrClNO/c1-2-5-14-11(7-15)9-6-8(12)3-4-10(9)13/h3-4,6,11,14-15H,2,5,7H2,1H3. The van der Waals surface area contributed by atoms with Gasteiger partial charge in [-0.05, 0) is 36.7 Å². The van der Waals surface area contributed by atoms with Gasteiger partial charge in [-0.1, -0.05) is 34.5 Å². The zero-order chi connectivity index (χ0) is 11.3. The molecule has 0 aliphatic heterocycles. The Bertz CT molecular complexity index is 319. The van der Waals surface area contributed by atoms with Crippen LogP contribution in [0.5, 0.6) is 0 Å². The molecule has 1 atom stereocenters. The van der Waals surface area contributed by atoms with Crippen molar-refractivity contribution in [2.45, 2.75) is 19.4 Å². The van der Waals surface area contributed by atoms with Crippen molar-refractivity contribution in [3.8, 4) is 0 Å². The van der Waals surface area contributed by atoms with Gasteiger partial charge in [0.25, 0.3) is 0 Å². The van der Waals surface area contributed by atoms with Gasteiger partial charge in [0, 0.05) is 9.50 Å². The van der Waals surface area contributed by atoms with Crippen molar-refractivity contribution in [2.24, 2.45) is 0 Å². The van der Waals surface area contributed by atoms with Crippen molar-refractivity contribution in [3.05, 3.63) is 33.3 Å². The summed E-state index contributed by atoms with van der Waals surface area (Å²) in [5.74, 6) is 0. The van der Waals surface area contributed by atoms with E-state index in [9.17, 15) is 5.11 Å². The van der Waals surface area contributed by atoms with Crippen molar-refractivity contribution in [2.75, 3.05) is 13.2 Å². The maximum atomic E-state index is 9.28. The maximum absolute atomic E-state index is 9.28. The normalized spacial score (nSPS) is 12.8. The van der Waals surface area contributed by atoms with E-state index in [0.717, 1.165) is 23.0 Å². The van der Waals surface area contributed by atoms with Crippen LogP contribution in [0.25, 0.3) is 0 Å². The topological polar surface area (TPSA) is 32.3 Å². The van der Waals surface area contributed by atoms with Crippen LogP contribution in [0.4, 0.5) is 0 Å². The fourth-order valence-electron chi connectivity index (χ4n) is 1.37. The number of rotatable bonds is 5. The molecule has 0 saturated carbocycles. The molecule has 0 bridgehead atoms. The molecule has 0 spiro atoms. The van der Waals surface area contributed by atoms with Gasteiger partial charge < -0.3 is 10.4 Å². The van der Waals surface area contributed by atoms with Gasteiger partial charge in [0.1, 0.15) is 0 Å². The summed E-state index contributed by atoms with van der Waals surface area (Å²) in [6.07, 6.45) is 1.03. The van der Waals surface area contributed by atoms with E-state index in [0.29, 0.717) is 5.02 Å². The molecule has 4 heteroatoms. The van der Waals surface area contributed by atoms with Crippen molar-refractivity contribution in [3.63, 3.8) is 0 Å². The lowest BCUT2D eigenvalue weighted by Crippen LogP contribution is -2.25. The summed E-state index contributed by atoms with van der Waals surface area (Å²) in [5, 5.41) is 13.2. The Hall–Kier alpha value is -0.0900. The summed E-state index contributed by atoms with van der Waals surface area (Å²) in [6, 6.07) is 5.57. The zero-order valence-electron chi connectivity index (χ0n) is 8.63. The van der Waals surface area contributed by atoms with E-state index >= 15 is 0 Å². The zero-order valence-corrected chi connectivity index (χ0v) is 11.0. The Morgan fingerprint density at radius 2 is 2.27 bits per heavy atom. The fraction of sp³-hybridized carbons (Fsp3) is 0.455. The molecule has 1 aromatic rings.